The Morgan fingerprint density at radius 3 is 2.44 bits per heavy atom. The molecule has 0 radical (unpaired) electrons. The highest BCUT2D eigenvalue weighted by Crippen LogP contribution is 2.27. The zero-order valence-electron chi connectivity index (χ0n) is 5.33. The summed E-state index contributed by atoms with van der Waals surface area (Å²) in [4.78, 5) is 10.6. The molecular weight excluding hydrogens is 120 g/mol. The Labute approximate surface area is 53.6 Å². The topological polar surface area (TPSA) is 46.5 Å². The molecule has 9 heavy (non-hydrogen) atoms. The van der Waals surface area contributed by atoms with Crippen LogP contribution in [0.1, 0.15) is 12.8 Å². The molecule has 1 aliphatic rings. The van der Waals surface area contributed by atoms with Crippen LogP contribution in [-0.2, 0) is 9.53 Å². The lowest BCUT2D eigenvalue weighted by Gasteiger charge is -2.29. The van der Waals surface area contributed by atoms with Crippen molar-refractivity contribution in [2.45, 2.75) is 18.9 Å². The second kappa shape index (κ2) is 2.35. The molecule has 0 saturated heterocycles. The average Bonchev–Trinajstić information content (AvgIpc) is 1.84. The molecule has 0 bridgehead atoms. The highest BCUT2D eigenvalue weighted by atomic mass is 16.5. The van der Waals surface area contributed by atoms with E-state index in [2.05, 4.69) is 4.74 Å². The maximum absolute atomic E-state index is 10.6. The summed E-state index contributed by atoms with van der Waals surface area (Å²) in [5, 5.41) is 8.91. The molecule has 1 rings (SSSR count). The van der Waals surface area contributed by atoms with Gasteiger partial charge in [0.15, 0.2) is 0 Å². The molecule has 2 atom stereocenters. The maximum atomic E-state index is 10.6. The van der Waals surface area contributed by atoms with Crippen molar-refractivity contribution < 1.29 is 14.6 Å². The van der Waals surface area contributed by atoms with Crippen LogP contribution in [0.4, 0.5) is 0 Å². The molecule has 0 aliphatic heterocycles. The third-order valence-electron chi connectivity index (χ3n) is 1.74. The molecule has 3 nitrogen and oxygen atoms in total. The van der Waals surface area contributed by atoms with Gasteiger partial charge in [-0.3, -0.25) is 4.79 Å². The number of carbonyl (C=O) groups excluding carboxylic acids is 1. The Bertz CT molecular complexity index is 121. The van der Waals surface area contributed by atoms with Crippen LogP contribution in [0.15, 0.2) is 0 Å². The van der Waals surface area contributed by atoms with E-state index in [-0.39, 0.29) is 11.9 Å². The van der Waals surface area contributed by atoms with E-state index < -0.39 is 6.10 Å². The summed E-state index contributed by atoms with van der Waals surface area (Å²) in [6.45, 7) is 0. The number of aliphatic hydroxyl groups is 1. The lowest BCUT2D eigenvalue weighted by atomic mass is 9.82. The molecule has 1 saturated carbocycles. The van der Waals surface area contributed by atoms with Gasteiger partial charge in [0.25, 0.3) is 0 Å². The van der Waals surface area contributed by atoms with E-state index in [0.29, 0.717) is 0 Å². The van der Waals surface area contributed by atoms with Crippen molar-refractivity contribution in [1.82, 2.24) is 0 Å². The molecule has 0 amide bonds. The van der Waals surface area contributed by atoms with Gasteiger partial charge in [-0.25, -0.2) is 0 Å². The van der Waals surface area contributed by atoms with Crippen LogP contribution in [-0.4, -0.2) is 24.3 Å². The van der Waals surface area contributed by atoms with Gasteiger partial charge in [-0.1, -0.05) is 0 Å². The monoisotopic (exact) mass is 130 g/mol. The fourth-order valence-electron chi connectivity index (χ4n) is 0.909. The highest BCUT2D eigenvalue weighted by Gasteiger charge is 2.35. The predicted octanol–water partition coefficient (Wildman–Crippen LogP) is -0.0697. The van der Waals surface area contributed by atoms with Crippen LogP contribution in [0, 0.1) is 5.92 Å². The predicted molar refractivity (Wildman–Crippen MR) is 30.7 cm³/mol. The van der Waals surface area contributed by atoms with Gasteiger partial charge in [-0.15, -0.1) is 0 Å². The minimum absolute atomic E-state index is 0.241. The summed E-state index contributed by atoms with van der Waals surface area (Å²) in [5.41, 5.74) is 0. The third-order valence-corrected chi connectivity index (χ3v) is 1.74. The van der Waals surface area contributed by atoms with Crippen LogP contribution >= 0.6 is 0 Å². The van der Waals surface area contributed by atoms with Gasteiger partial charge in [0.1, 0.15) is 0 Å². The van der Waals surface area contributed by atoms with Gasteiger partial charge in [0, 0.05) is 0 Å². The molecule has 0 spiro atoms. The molecule has 0 aromatic heterocycles. The minimum Gasteiger partial charge on any atom is -0.469 e. The summed E-state index contributed by atoms with van der Waals surface area (Å²) >= 11 is 0. The number of hydrogen-bond donors (Lipinski definition) is 1. The third kappa shape index (κ3) is 1.05. The Morgan fingerprint density at radius 1 is 1.67 bits per heavy atom. The summed E-state index contributed by atoms with van der Waals surface area (Å²) in [5.74, 6) is -0.524. The van der Waals surface area contributed by atoms with Crippen molar-refractivity contribution in [3.8, 4) is 0 Å². The Balaban J connectivity index is 2.35. The van der Waals surface area contributed by atoms with Crippen molar-refractivity contribution >= 4 is 5.97 Å². The Kier molecular flexibility index (Phi) is 1.71. The van der Waals surface area contributed by atoms with Gasteiger partial charge in [-0.2, -0.15) is 0 Å². The molecule has 3 heteroatoms. The van der Waals surface area contributed by atoms with E-state index in [1.165, 1.54) is 7.11 Å². The Hall–Kier alpha value is -0.570. The Morgan fingerprint density at radius 2 is 2.33 bits per heavy atom. The quantitative estimate of drug-likeness (QED) is 0.505. The largest absolute Gasteiger partial charge is 0.469 e. The molecule has 0 aromatic carbocycles. The number of ether oxygens (including phenoxy) is 1. The summed E-state index contributed by atoms with van der Waals surface area (Å²) in [6, 6.07) is 0. The van der Waals surface area contributed by atoms with E-state index >= 15 is 0 Å². The van der Waals surface area contributed by atoms with Crippen LogP contribution in [0.5, 0.6) is 0 Å². The molecule has 1 fully saturated rings. The summed E-state index contributed by atoms with van der Waals surface area (Å²) in [6.07, 6.45) is 1.06. The normalized spacial score (nSPS) is 33.1. The molecule has 0 heterocycles. The van der Waals surface area contributed by atoms with Crippen molar-refractivity contribution in [1.29, 1.82) is 0 Å². The van der Waals surface area contributed by atoms with Gasteiger partial charge in [0.05, 0.1) is 19.1 Å². The summed E-state index contributed by atoms with van der Waals surface area (Å²) < 4.78 is 4.43. The van der Waals surface area contributed by atoms with E-state index in [0.717, 1.165) is 12.8 Å². The van der Waals surface area contributed by atoms with Crippen LogP contribution in [0.3, 0.4) is 0 Å². The number of aliphatic hydroxyl groups excluding tert-OH is 1. The molecule has 0 aromatic rings. The van der Waals surface area contributed by atoms with E-state index in [9.17, 15) is 4.79 Å². The first-order valence-electron chi connectivity index (χ1n) is 3.01. The zero-order chi connectivity index (χ0) is 6.85. The number of methoxy groups -OCH3 is 1. The zero-order valence-corrected chi connectivity index (χ0v) is 5.33. The molecule has 0 unspecified atom stereocenters. The van der Waals surface area contributed by atoms with Crippen molar-refractivity contribution in [2.75, 3.05) is 7.11 Å². The average molecular weight is 130 g/mol. The second-order valence-electron chi connectivity index (χ2n) is 2.27. The fraction of sp³-hybridized carbons (Fsp3) is 0.833. The molecule has 52 valence electrons. The van der Waals surface area contributed by atoms with Crippen LogP contribution < -0.4 is 0 Å². The van der Waals surface area contributed by atoms with Crippen molar-refractivity contribution in [2.24, 2.45) is 5.92 Å². The highest BCUT2D eigenvalue weighted by molar-refractivity contribution is 5.73. The van der Waals surface area contributed by atoms with Gasteiger partial charge in [0.2, 0.25) is 0 Å². The molecule has 1 aliphatic carbocycles. The smallest absolute Gasteiger partial charge is 0.311 e. The van der Waals surface area contributed by atoms with E-state index in [1.54, 1.807) is 0 Å². The lowest BCUT2D eigenvalue weighted by molar-refractivity contribution is -0.155. The lowest BCUT2D eigenvalue weighted by Crippen LogP contribution is -2.37. The summed E-state index contributed by atoms with van der Waals surface area (Å²) in [7, 11) is 1.34. The maximum Gasteiger partial charge on any atom is 0.311 e. The minimum atomic E-state index is -0.447. The van der Waals surface area contributed by atoms with Gasteiger partial charge >= 0.3 is 5.97 Å². The SMILES string of the molecule is COC(=O)[C@H]1CC[C@@H]1O. The number of carbonyl (C=O) groups is 1. The van der Waals surface area contributed by atoms with Crippen molar-refractivity contribution in [3.05, 3.63) is 0 Å². The number of hydrogen-bond acceptors (Lipinski definition) is 3. The number of esters is 1. The van der Waals surface area contributed by atoms with Crippen LogP contribution in [0.2, 0.25) is 0 Å². The van der Waals surface area contributed by atoms with E-state index in [1.807, 2.05) is 0 Å². The number of rotatable bonds is 1. The van der Waals surface area contributed by atoms with Crippen molar-refractivity contribution in [3.63, 3.8) is 0 Å². The second-order valence-corrected chi connectivity index (χ2v) is 2.27. The first-order chi connectivity index (χ1) is 4.25. The van der Waals surface area contributed by atoms with Crippen LogP contribution in [0.25, 0.3) is 0 Å². The first-order valence-corrected chi connectivity index (χ1v) is 3.01. The molecule has 1 N–H and O–H groups in total. The standard InChI is InChI=1S/C6H10O3/c1-9-6(8)4-2-3-5(4)7/h4-5,7H,2-3H2,1H3/t4-,5-/m0/s1. The first kappa shape index (κ1) is 6.55. The molecular formula is C6H10O3. The van der Waals surface area contributed by atoms with Gasteiger partial charge in [-0.05, 0) is 12.8 Å². The van der Waals surface area contributed by atoms with E-state index in [4.69, 9.17) is 5.11 Å². The van der Waals surface area contributed by atoms with Gasteiger partial charge < -0.3 is 9.84 Å². The fourth-order valence-corrected chi connectivity index (χ4v) is 0.909.